The van der Waals surface area contributed by atoms with Crippen molar-refractivity contribution in [3.05, 3.63) is 107 Å². The van der Waals surface area contributed by atoms with Gasteiger partial charge in [-0.15, -0.1) is 0 Å². The molecule has 0 radical (unpaired) electrons. The normalized spacial score (nSPS) is 17.5. The molecule has 0 saturated heterocycles. The third-order valence-corrected chi connectivity index (χ3v) is 5.33. The van der Waals surface area contributed by atoms with Gasteiger partial charge in [-0.25, -0.2) is 4.39 Å². The lowest BCUT2D eigenvalue weighted by Gasteiger charge is -2.20. The first-order valence-corrected chi connectivity index (χ1v) is 9.36. The molecular weight excluding hydrogens is 321 g/mol. The van der Waals surface area contributed by atoms with E-state index in [0.29, 0.717) is 5.92 Å². The predicted molar refractivity (Wildman–Crippen MR) is 104 cm³/mol. The molecule has 3 aromatic carbocycles. The van der Waals surface area contributed by atoms with Crippen molar-refractivity contribution >= 4 is 0 Å². The van der Waals surface area contributed by atoms with Crippen LogP contribution in [0.4, 0.5) is 4.39 Å². The number of nitrogens with zero attached hydrogens (tertiary/aromatic N) is 1. The number of rotatable bonds is 4. The molecule has 1 heterocycles. The minimum Gasteiger partial charge on any atom is -0.295 e. The number of hydrogen-bond acceptors (Lipinski definition) is 1. The van der Waals surface area contributed by atoms with Crippen LogP contribution in [0.3, 0.4) is 0 Å². The molecule has 0 saturated carbocycles. The van der Waals surface area contributed by atoms with Crippen LogP contribution in [0.15, 0.2) is 78.9 Å². The van der Waals surface area contributed by atoms with Crippen molar-refractivity contribution < 1.29 is 4.39 Å². The molecule has 3 aromatic rings. The van der Waals surface area contributed by atoms with Crippen LogP contribution in [0.1, 0.15) is 34.6 Å². The fourth-order valence-electron chi connectivity index (χ4n) is 3.98. The second kappa shape index (κ2) is 7.84. The minimum absolute atomic E-state index is 0.169. The standard InChI is InChI=1S/C24H24FN/c25-23-12-10-20(11-13-23)17-26-15-14-21(16-19-6-2-1-3-7-19)24-9-5-4-8-22(24)18-26/h1-13,21H,14-18H2/t21-/m1/s1. The zero-order valence-corrected chi connectivity index (χ0v) is 14.9. The summed E-state index contributed by atoms with van der Waals surface area (Å²) in [7, 11) is 0. The van der Waals surface area contributed by atoms with Crippen molar-refractivity contribution in [3.63, 3.8) is 0 Å². The van der Waals surface area contributed by atoms with Crippen molar-refractivity contribution in [2.45, 2.75) is 31.8 Å². The monoisotopic (exact) mass is 345 g/mol. The first-order valence-electron chi connectivity index (χ1n) is 9.36. The summed E-state index contributed by atoms with van der Waals surface area (Å²) in [4.78, 5) is 2.48. The highest BCUT2D eigenvalue weighted by molar-refractivity contribution is 5.33. The predicted octanol–water partition coefficient (Wildman–Crippen LogP) is 5.56. The molecule has 26 heavy (non-hydrogen) atoms. The molecule has 132 valence electrons. The average Bonchev–Trinajstić information content (AvgIpc) is 2.84. The van der Waals surface area contributed by atoms with Crippen molar-refractivity contribution in [2.75, 3.05) is 6.54 Å². The van der Waals surface area contributed by atoms with E-state index in [1.807, 2.05) is 12.1 Å². The number of benzene rings is 3. The van der Waals surface area contributed by atoms with Gasteiger partial charge in [0.2, 0.25) is 0 Å². The molecule has 4 rings (SSSR count). The van der Waals surface area contributed by atoms with Gasteiger partial charge in [0.05, 0.1) is 0 Å². The smallest absolute Gasteiger partial charge is 0.123 e. The molecule has 0 fully saturated rings. The Bertz CT molecular complexity index is 842. The molecule has 0 aliphatic carbocycles. The lowest BCUT2D eigenvalue weighted by molar-refractivity contribution is 0.256. The Morgan fingerprint density at radius 2 is 1.54 bits per heavy atom. The van der Waals surface area contributed by atoms with Crippen LogP contribution in [-0.2, 0) is 19.5 Å². The zero-order chi connectivity index (χ0) is 17.8. The molecule has 0 amide bonds. The number of fused-ring (bicyclic) bond motifs is 1. The molecule has 1 atom stereocenters. The van der Waals surface area contributed by atoms with E-state index in [-0.39, 0.29) is 5.82 Å². The molecule has 0 N–H and O–H groups in total. The zero-order valence-electron chi connectivity index (χ0n) is 14.9. The van der Waals surface area contributed by atoms with Gasteiger partial charge in [-0.2, -0.15) is 0 Å². The van der Waals surface area contributed by atoms with Crippen molar-refractivity contribution in [1.82, 2.24) is 4.90 Å². The second-order valence-electron chi connectivity index (χ2n) is 7.21. The van der Waals surface area contributed by atoms with Crippen molar-refractivity contribution in [2.24, 2.45) is 0 Å². The summed E-state index contributed by atoms with van der Waals surface area (Å²) in [5, 5.41) is 0. The van der Waals surface area contributed by atoms with E-state index in [9.17, 15) is 4.39 Å². The Balaban J connectivity index is 1.54. The van der Waals surface area contributed by atoms with E-state index in [1.54, 1.807) is 12.1 Å². The summed E-state index contributed by atoms with van der Waals surface area (Å²) in [5.41, 5.74) is 5.48. The first-order chi connectivity index (χ1) is 12.8. The van der Waals surface area contributed by atoms with Crippen LogP contribution >= 0.6 is 0 Å². The van der Waals surface area contributed by atoms with E-state index in [1.165, 1.54) is 22.3 Å². The van der Waals surface area contributed by atoms with Crippen LogP contribution in [-0.4, -0.2) is 11.4 Å². The Morgan fingerprint density at radius 3 is 2.35 bits per heavy atom. The first kappa shape index (κ1) is 17.0. The molecule has 0 aromatic heterocycles. The molecule has 0 bridgehead atoms. The van der Waals surface area contributed by atoms with Gasteiger partial charge in [-0.3, -0.25) is 4.90 Å². The van der Waals surface area contributed by atoms with Crippen molar-refractivity contribution in [3.8, 4) is 0 Å². The van der Waals surface area contributed by atoms with Crippen molar-refractivity contribution in [1.29, 1.82) is 0 Å². The Hall–Kier alpha value is -2.45. The third-order valence-electron chi connectivity index (χ3n) is 5.33. The number of hydrogen-bond donors (Lipinski definition) is 0. The highest BCUT2D eigenvalue weighted by Crippen LogP contribution is 2.31. The fourth-order valence-corrected chi connectivity index (χ4v) is 3.98. The van der Waals surface area contributed by atoms with Gasteiger partial charge in [-0.1, -0.05) is 66.7 Å². The van der Waals surface area contributed by atoms with E-state index >= 15 is 0 Å². The quantitative estimate of drug-likeness (QED) is 0.598. The summed E-state index contributed by atoms with van der Waals surface area (Å²) in [6, 6.07) is 26.5. The van der Waals surface area contributed by atoms with Gasteiger partial charge in [0.25, 0.3) is 0 Å². The van der Waals surface area contributed by atoms with Crippen LogP contribution in [0, 0.1) is 5.82 Å². The van der Waals surface area contributed by atoms with Crippen LogP contribution in [0.2, 0.25) is 0 Å². The molecule has 0 unspecified atom stereocenters. The maximum Gasteiger partial charge on any atom is 0.123 e. The van der Waals surface area contributed by atoms with E-state index in [4.69, 9.17) is 0 Å². The van der Waals surface area contributed by atoms with E-state index < -0.39 is 0 Å². The van der Waals surface area contributed by atoms with Gasteiger partial charge in [-0.05, 0) is 59.7 Å². The lowest BCUT2D eigenvalue weighted by atomic mass is 9.87. The summed E-state index contributed by atoms with van der Waals surface area (Å²) in [6.07, 6.45) is 2.23. The largest absolute Gasteiger partial charge is 0.295 e. The van der Waals surface area contributed by atoms with E-state index in [2.05, 4.69) is 59.5 Å². The molecule has 1 aliphatic rings. The maximum atomic E-state index is 13.2. The van der Waals surface area contributed by atoms with Crippen LogP contribution < -0.4 is 0 Å². The summed E-state index contributed by atoms with van der Waals surface area (Å²) < 4.78 is 13.2. The van der Waals surface area contributed by atoms with Gasteiger partial charge in [0.1, 0.15) is 5.82 Å². The highest BCUT2D eigenvalue weighted by Gasteiger charge is 2.22. The molecular formula is C24H24FN. The topological polar surface area (TPSA) is 3.24 Å². The fraction of sp³-hybridized carbons (Fsp3) is 0.250. The van der Waals surface area contributed by atoms with Gasteiger partial charge in [0, 0.05) is 13.1 Å². The van der Waals surface area contributed by atoms with Crippen LogP contribution in [0.25, 0.3) is 0 Å². The Labute approximate surface area is 155 Å². The summed E-state index contributed by atoms with van der Waals surface area (Å²) in [6.45, 7) is 2.88. The minimum atomic E-state index is -0.169. The molecule has 1 nitrogen and oxygen atoms in total. The molecule has 1 aliphatic heterocycles. The summed E-state index contributed by atoms with van der Waals surface area (Å²) >= 11 is 0. The highest BCUT2D eigenvalue weighted by atomic mass is 19.1. The second-order valence-corrected chi connectivity index (χ2v) is 7.21. The Kier molecular flexibility index (Phi) is 5.12. The lowest BCUT2D eigenvalue weighted by Crippen LogP contribution is -2.23. The average molecular weight is 345 g/mol. The van der Waals surface area contributed by atoms with Gasteiger partial charge in [0.15, 0.2) is 0 Å². The molecule has 0 spiro atoms. The SMILES string of the molecule is Fc1ccc(CN2CC[C@H](Cc3ccccc3)c3ccccc3C2)cc1. The van der Waals surface area contributed by atoms with Gasteiger partial charge < -0.3 is 0 Å². The maximum absolute atomic E-state index is 13.2. The van der Waals surface area contributed by atoms with Crippen LogP contribution in [0.5, 0.6) is 0 Å². The summed E-state index contributed by atoms with van der Waals surface area (Å²) in [5.74, 6) is 0.379. The number of halogens is 1. The van der Waals surface area contributed by atoms with Gasteiger partial charge >= 0.3 is 0 Å². The Morgan fingerprint density at radius 1 is 0.808 bits per heavy atom. The molecule has 2 heteroatoms. The van der Waals surface area contributed by atoms with E-state index in [0.717, 1.165) is 32.5 Å². The third kappa shape index (κ3) is 4.03.